The van der Waals surface area contributed by atoms with Gasteiger partial charge in [0, 0.05) is 30.4 Å². The van der Waals surface area contributed by atoms with Crippen molar-refractivity contribution in [2.24, 2.45) is 0 Å². The SMILES string of the molecule is COc1ccc(Cl)cc1CN(C)C(=O)c1cccnc1SC. The first-order chi connectivity index (χ1) is 10.6. The van der Waals surface area contributed by atoms with E-state index in [-0.39, 0.29) is 5.91 Å². The Hall–Kier alpha value is -1.72. The molecule has 0 aliphatic rings. The number of methoxy groups -OCH3 is 1. The third-order valence-corrected chi connectivity index (χ3v) is 4.14. The zero-order valence-corrected chi connectivity index (χ0v) is 14.2. The molecule has 0 unspecified atom stereocenters. The Labute approximate surface area is 139 Å². The molecule has 22 heavy (non-hydrogen) atoms. The second kappa shape index (κ2) is 7.51. The van der Waals surface area contributed by atoms with Crippen molar-refractivity contribution in [1.29, 1.82) is 0 Å². The van der Waals surface area contributed by atoms with Gasteiger partial charge in [-0.3, -0.25) is 4.79 Å². The third-order valence-electron chi connectivity index (χ3n) is 3.19. The minimum atomic E-state index is -0.0838. The minimum Gasteiger partial charge on any atom is -0.496 e. The second-order valence-electron chi connectivity index (χ2n) is 4.68. The van der Waals surface area contributed by atoms with Crippen LogP contribution in [0.15, 0.2) is 41.6 Å². The molecule has 4 nitrogen and oxygen atoms in total. The van der Waals surface area contributed by atoms with Crippen molar-refractivity contribution in [3.8, 4) is 5.75 Å². The Balaban J connectivity index is 2.23. The highest BCUT2D eigenvalue weighted by Gasteiger charge is 2.17. The van der Waals surface area contributed by atoms with E-state index in [1.165, 1.54) is 11.8 Å². The summed E-state index contributed by atoms with van der Waals surface area (Å²) in [5, 5.41) is 1.33. The molecule has 1 amide bonds. The van der Waals surface area contributed by atoms with Crippen molar-refractivity contribution in [2.75, 3.05) is 20.4 Å². The van der Waals surface area contributed by atoms with Gasteiger partial charge < -0.3 is 9.64 Å². The predicted octanol–water partition coefficient (Wildman–Crippen LogP) is 3.74. The van der Waals surface area contributed by atoms with Gasteiger partial charge in [-0.15, -0.1) is 11.8 Å². The van der Waals surface area contributed by atoms with E-state index in [1.54, 1.807) is 49.5 Å². The quantitative estimate of drug-likeness (QED) is 0.780. The molecule has 116 valence electrons. The van der Waals surface area contributed by atoms with Crippen molar-refractivity contribution in [3.63, 3.8) is 0 Å². The third kappa shape index (κ3) is 3.72. The number of hydrogen-bond acceptors (Lipinski definition) is 4. The van der Waals surface area contributed by atoms with Crippen LogP contribution >= 0.6 is 23.4 Å². The van der Waals surface area contributed by atoms with E-state index >= 15 is 0 Å². The number of hydrogen-bond donors (Lipinski definition) is 0. The fourth-order valence-electron chi connectivity index (χ4n) is 2.12. The van der Waals surface area contributed by atoms with Crippen LogP contribution < -0.4 is 4.74 Å². The highest BCUT2D eigenvalue weighted by Crippen LogP contribution is 2.25. The van der Waals surface area contributed by atoms with Gasteiger partial charge >= 0.3 is 0 Å². The smallest absolute Gasteiger partial charge is 0.256 e. The average molecular weight is 337 g/mol. The summed E-state index contributed by atoms with van der Waals surface area (Å²) in [6.45, 7) is 0.408. The first kappa shape index (κ1) is 16.6. The predicted molar refractivity (Wildman–Crippen MR) is 89.8 cm³/mol. The lowest BCUT2D eigenvalue weighted by Crippen LogP contribution is -2.27. The van der Waals surface area contributed by atoms with Crippen LogP contribution in [0.3, 0.4) is 0 Å². The number of amides is 1. The van der Waals surface area contributed by atoms with E-state index in [0.717, 1.165) is 10.6 Å². The number of benzene rings is 1. The molecule has 1 aromatic heterocycles. The van der Waals surface area contributed by atoms with Crippen molar-refractivity contribution in [1.82, 2.24) is 9.88 Å². The molecule has 2 aromatic rings. The summed E-state index contributed by atoms with van der Waals surface area (Å²) in [6.07, 6.45) is 3.59. The second-order valence-corrected chi connectivity index (χ2v) is 5.91. The van der Waals surface area contributed by atoms with Crippen molar-refractivity contribution in [2.45, 2.75) is 11.6 Å². The zero-order valence-electron chi connectivity index (χ0n) is 12.7. The fourth-order valence-corrected chi connectivity index (χ4v) is 2.86. The number of aromatic nitrogens is 1. The molecule has 0 radical (unpaired) electrons. The molecular formula is C16H17ClN2O2S. The Bertz CT molecular complexity index is 679. The molecule has 0 saturated heterocycles. The minimum absolute atomic E-state index is 0.0838. The summed E-state index contributed by atoms with van der Waals surface area (Å²) in [4.78, 5) is 18.5. The van der Waals surface area contributed by atoms with Crippen LogP contribution in [0.5, 0.6) is 5.75 Å². The van der Waals surface area contributed by atoms with Crippen LogP contribution in [0.25, 0.3) is 0 Å². The first-order valence-corrected chi connectivity index (χ1v) is 8.24. The highest BCUT2D eigenvalue weighted by atomic mass is 35.5. The van der Waals surface area contributed by atoms with Crippen molar-refractivity contribution in [3.05, 3.63) is 52.7 Å². The van der Waals surface area contributed by atoms with E-state index < -0.39 is 0 Å². The number of carbonyl (C=O) groups excluding carboxylic acids is 1. The molecule has 0 fully saturated rings. The molecule has 0 spiro atoms. The first-order valence-electron chi connectivity index (χ1n) is 6.63. The summed E-state index contributed by atoms with van der Waals surface area (Å²) in [7, 11) is 3.35. The Kier molecular flexibility index (Phi) is 5.69. The highest BCUT2D eigenvalue weighted by molar-refractivity contribution is 7.98. The van der Waals surface area contributed by atoms with Crippen LogP contribution in [-0.4, -0.2) is 36.2 Å². The molecule has 2 rings (SSSR count). The summed E-state index contributed by atoms with van der Waals surface area (Å²) in [6, 6.07) is 8.92. The maximum Gasteiger partial charge on any atom is 0.256 e. The van der Waals surface area contributed by atoms with Gasteiger partial charge in [0.05, 0.1) is 12.7 Å². The van der Waals surface area contributed by atoms with Crippen LogP contribution in [0.4, 0.5) is 0 Å². The number of thioether (sulfide) groups is 1. The number of carbonyl (C=O) groups is 1. The van der Waals surface area contributed by atoms with Crippen molar-refractivity contribution >= 4 is 29.3 Å². The molecule has 0 atom stereocenters. The van der Waals surface area contributed by atoms with E-state index in [2.05, 4.69) is 4.98 Å². The molecule has 1 aromatic carbocycles. The summed E-state index contributed by atoms with van der Waals surface area (Å²) >= 11 is 7.48. The van der Waals surface area contributed by atoms with Crippen LogP contribution in [0.2, 0.25) is 5.02 Å². The van der Waals surface area contributed by atoms with Gasteiger partial charge in [0.1, 0.15) is 10.8 Å². The largest absolute Gasteiger partial charge is 0.496 e. The molecule has 1 heterocycles. The monoisotopic (exact) mass is 336 g/mol. The number of halogens is 1. The molecule has 0 aliphatic carbocycles. The van der Waals surface area contributed by atoms with Crippen LogP contribution in [0, 0.1) is 0 Å². The molecule has 0 aliphatic heterocycles. The van der Waals surface area contributed by atoms with Gasteiger partial charge in [-0.05, 0) is 36.6 Å². The Morgan fingerprint density at radius 1 is 1.41 bits per heavy atom. The lowest BCUT2D eigenvalue weighted by atomic mass is 10.1. The molecule has 0 saturated carbocycles. The standard InChI is InChI=1S/C16H17ClN2O2S/c1-19(10-11-9-12(17)6-7-14(11)21-2)16(20)13-5-4-8-18-15(13)22-3/h4-9H,10H2,1-3H3. The normalized spacial score (nSPS) is 10.4. The maximum absolute atomic E-state index is 12.6. The molecule has 6 heteroatoms. The Morgan fingerprint density at radius 3 is 2.86 bits per heavy atom. The van der Waals surface area contributed by atoms with Crippen LogP contribution in [0.1, 0.15) is 15.9 Å². The van der Waals surface area contributed by atoms with Gasteiger partial charge in [0.15, 0.2) is 0 Å². The van der Waals surface area contributed by atoms with Gasteiger partial charge in [0.2, 0.25) is 0 Å². The summed E-state index contributed by atoms with van der Waals surface area (Å²) in [5.41, 5.74) is 1.46. The fraction of sp³-hybridized carbons (Fsp3) is 0.250. The number of rotatable bonds is 5. The lowest BCUT2D eigenvalue weighted by molar-refractivity contribution is 0.0780. The maximum atomic E-state index is 12.6. The average Bonchev–Trinajstić information content (AvgIpc) is 2.54. The van der Waals surface area contributed by atoms with E-state index in [9.17, 15) is 4.79 Å². The molecule has 0 N–H and O–H groups in total. The van der Waals surface area contributed by atoms with Gasteiger partial charge in [0.25, 0.3) is 5.91 Å². The van der Waals surface area contributed by atoms with E-state index in [0.29, 0.717) is 22.9 Å². The van der Waals surface area contributed by atoms with Gasteiger partial charge in [-0.25, -0.2) is 4.98 Å². The number of ether oxygens (including phenoxy) is 1. The van der Waals surface area contributed by atoms with Crippen LogP contribution in [-0.2, 0) is 6.54 Å². The molecule has 0 bridgehead atoms. The van der Waals surface area contributed by atoms with Crippen molar-refractivity contribution < 1.29 is 9.53 Å². The lowest BCUT2D eigenvalue weighted by Gasteiger charge is -2.20. The van der Waals surface area contributed by atoms with Gasteiger partial charge in [-0.2, -0.15) is 0 Å². The number of nitrogens with zero attached hydrogens (tertiary/aromatic N) is 2. The molecular weight excluding hydrogens is 320 g/mol. The topological polar surface area (TPSA) is 42.4 Å². The number of pyridine rings is 1. The summed E-state index contributed by atoms with van der Waals surface area (Å²) in [5.74, 6) is 0.625. The zero-order chi connectivity index (χ0) is 16.1. The Morgan fingerprint density at radius 2 is 2.18 bits per heavy atom. The van der Waals surface area contributed by atoms with E-state index in [4.69, 9.17) is 16.3 Å². The van der Waals surface area contributed by atoms with Gasteiger partial charge in [-0.1, -0.05) is 11.6 Å². The van der Waals surface area contributed by atoms with E-state index in [1.807, 2.05) is 12.3 Å². The summed E-state index contributed by atoms with van der Waals surface area (Å²) < 4.78 is 5.32.